The first-order chi connectivity index (χ1) is 9.65. The third kappa shape index (κ3) is 1.51. The molecule has 3 atom stereocenters. The number of benzene rings is 1. The molecule has 0 radical (unpaired) electrons. The molecule has 3 heterocycles. The van der Waals surface area contributed by atoms with Crippen LogP contribution in [0.1, 0.15) is 18.6 Å². The molecule has 20 heavy (non-hydrogen) atoms. The predicted molar refractivity (Wildman–Crippen MR) is 74.3 cm³/mol. The van der Waals surface area contributed by atoms with E-state index in [2.05, 4.69) is 0 Å². The van der Waals surface area contributed by atoms with Crippen molar-refractivity contribution in [3.05, 3.63) is 51.5 Å². The van der Waals surface area contributed by atoms with Crippen molar-refractivity contribution in [3.63, 3.8) is 0 Å². The molecule has 0 spiro atoms. The molecule has 2 aromatic rings. The minimum atomic E-state index is -0.206. The van der Waals surface area contributed by atoms with Gasteiger partial charge in [-0.25, -0.2) is 0 Å². The van der Waals surface area contributed by atoms with E-state index in [9.17, 15) is 4.79 Å². The van der Waals surface area contributed by atoms with Gasteiger partial charge in [0.1, 0.15) is 17.8 Å². The highest BCUT2D eigenvalue weighted by Gasteiger charge is 2.42. The number of hydrogen-bond acceptors (Lipinski definition) is 4. The van der Waals surface area contributed by atoms with E-state index in [1.54, 1.807) is 24.5 Å². The lowest BCUT2D eigenvalue weighted by Gasteiger charge is -2.31. The zero-order valence-corrected chi connectivity index (χ0v) is 11.4. The molecule has 1 aromatic heterocycles. The van der Waals surface area contributed by atoms with E-state index < -0.39 is 0 Å². The molecule has 102 valence electrons. The molecule has 0 unspecified atom stereocenters. The van der Waals surface area contributed by atoms with Crippen LogP contribution < -0.4 is 10.2 Å². The van der Waals surface area contributed by atoms with Crippen LogP contribution in [0.25, 0.3) is 11.0 Å². The molecule has 5 heteroatoms. The van der Waals surface area contributed by atoms with E-state index in [0.717, 1.165) is 0 Å². The molecule has 2 aliphatic rings. The molecular formula is C15H11ClO4. The molecule has 0 N–H and O–H groups in total. The van der Waals surface area contributed by atoms with E-state index in [1.807, 2.05) is 13.0 Å². The average molecular weight is 291 g/mol. The minimum absolute atomic E-state index is 0.0819. The van der Waals surface area contributed by atoms with E-state index in [1.165, 1.54) is 0 Å². The van der Waals surface area contributed by atoms with Crippen LogP contribution in [0.3, 0.4) is 0 Å². The highest BCUT2D eigenvalue weighted by molar-refractivity contribution is 6.31. The Labute approximate surface area is 119 Å². The quantitative estimate of drug-likeness (QED) is 0.747. The van der Waals surface area contributed by atoms with Gasteiger partial charge in [0, 0.05) is 5.02 Å². The van der Waals surface area contributed by atoms with Crippen molar-refractivity contribution in [1.29, 1.82) is 0 Å². The summed E-state index contributed by atoms with van der Waals surface area (Å²) in [6, 6.07) is 5.00. The largest absolute Gasteiger partial charge is 0.493 e. The summed E-state index contributed by atoms with van der Waals surface area (Å²) in [7, 11) is 0. The van der Waals surface area contributed by atoms with Crippen molar-refractivity contribution in [2.75, 3.05) is 0 Å². The standard InChI is InChI=1S/C15H11ClO4/c1-7-13-9(4-5-18-13)14-15(19-7)12(17)10-6-8(16)2-3-11(10)20-14/h2-7,9,13H,1H3/t7-,9-,13-/m1/s1. The van der Waals surface area contributed by atoms with Crippen LogP contribution in [0.5, 0.6) is 5.75 Å². The fourth-order valence-corrected chi connectivity index (χ4v) is 2.98. The van der Waals surface area contributed by atoms with Crippen LogP contribution in [0.15, 0.2) is 39.7 Å². The van der Waals surface area contributed by atoms with Gasteiger partial charge in [0.05, 0.1) is 17.6 Å². The lowest BCUT2D eigenvalue weighted by Crippen LogP contribution is -2.38. The smallest absolute Gasteiger partial charge is 0.234 e. The van der Waals surface area contributed by atoms with E-state index >= 15 is 0 Å². The van der Waals surface area contributed by atoms with Crippen LogP contribution >= 0.6 is 11.6 Å². The molecule has 0 aliphatic carbocycles. The maximum Gasteiger partial charge on any atom is 0.234 e. The van der Waals surface area contributed by atoms with Gasteiger partial charge in [-0.05, 0) is 31.2 Å². The van der Waals surface area contributed by atoms with Gasteiger partial charge in [-0.15, -0.1) is 0 Å². The van der Waals surface area contributed by atoms with Gasteiger partial charge in [0.25, 0.3) is 0 Å². The molecule has 0 saturated heterocycles. The van der Waals surface area contributed by atoms with Gasteiger partial charge in [0.2, 0.25) is 11.2 Å². The Balaban J connectivity index is 2.04. The van der Waals surface area contributed by atoms with Crippen molar-refractivity contribution < 1.29 is 13.9 Å². The predicted octanol–water partition coefficient (Wildman–Crippen LogP) is 3.22. The van der Waals surface area contributed by atoms with Gasteiger partial charge in [-0.2, -0.15) is 0 Å². The molecule has 2 aliphatic heterocycles. The van der Waals surface area contributed by atoms with Crippen molar-refractivity contribution in [1.82, 2.24) is 0 Å². The number of fused-ring (bicyclic) bond motifs is 4. The number of hydrogen-bond donors (Lipinski definition) is 0. The monoisotopic (exact) mass is 290 g/mol. The van der Waals surface area contributed by atoms with Gasteiger partial charge < -0.3 is 13.9 Å². The Kier molecular flexibility index (Phi) is 2.39. The van der Waals surface area contributed by atoms with Gasteiger partial charge in [-0.3, -0.25) is 4.79 Å². The van der Waals surface area contributed by atoms with Crippen LogP contribution in [-0.4, -0.2) is 12.2 Å². The van der Waals surface area contributed by atoms with Crippen LogP contribution in [-0.2, 0) is 4.74 Å². The Hall–Kier alpha value is -1.94. The highest BCUT2D eigenvalue weighted by atomic mass is 35.5. The van der Waals surface area contributed by atoms with Gasteiger partial charge >= 0.3 is 0 Å². The molecule has 0 amide bonds. The summed E-state index contributed by atoms with van der Waals surface area (Å²) in [4.78, 5) is 12.6. The summed E-state index contributed by atoms with van der Waals surface area (Å²) in [5.74, 6) is 0.715. The zero-order chi connectivity index (χ0) is 13.9. The maximum absolute atomic E-state index is 12.6. The number of halogens is 1. The summed E-state index contributed by atoms with van der Waals surface area (Å²) in [6.45, 7) is 1.88. The van der Waals surface area contributed by atoms with Gasteiger partial charge in [0.15, 0.2) is 5.76 Å². The van der Waals surface area contributed by atoms with Crippen molar-refractivity contribution in [2.45, 2.75) is 25.0 Å². The lowest BCUT2D eigenvalue weighted by atomic mass is 9.93. The lowest BCUT2D eigenvalue weighted by molar-refractivity contribution is 0.0178. The highest BCUT2D eigenvalue weighted by Crippen LogP contribution is 2.41. The summed E-state index contributed by atoms with van der Waals surface area (Å²) in [6.07, 6.45) is 3.18. The fraction of sp³-hybridized carbons (Fsp3) is 0.267. The maximum atomic E-state index is 12.6. The van der Waals surface area contributed by atoms with E-state index in [4.69, 9.17) is 25.5 Å². The van der Waals surface area contributed by atoms with Gasteiger partial charge in [-0.1, -0.05) is 11.6 Å². The Morgan fingerprint density at radius 1 is 1.30 bits per heavy atom. The van der Waals surface area contributed by atoms with Crippen molar-refractivity contribution in [2.24, 2.45) is 0 Å². The summed E-state index contributed by atoms with van der Waals surface area (Å²) in [5, 5.41) is 0.931. The third-order valence-electron chi connectivity index (χ3n) is 3.78. The SMILES string of the molecule is C[C@H]1Oc2c(oc3ccc(Cl)cc3c2=O)[C@@H]2C=CO[C@H]12. The second-order valence-corrected chi connectivity index (χ2v) is 5.48. The second-order valence-electron chi connectivity index (χ2n) is 5.04. The summed E-state index contributed by atoms with van der Waals surface area (Å²) >= 11 is 5.94. The molecule has 0 saturated carbocycles. The number of ether oxygens (including phenoxy) is 2. The first kappa shape index (κ1) is 11.9. The normalized spacial score (nSPS) is 26.8. The van der Waals surface area contributed by atoms with Crippen LogP contribution in [0.2, 0.25) is 5.02 Å². The minimum Gasteiger partial charge on any atom is -0.493 e. The Bertz CT molecular complexity index is 792. The molecule has 0 fully saturated rings. The average Bonchev–Trinajstić information content (AvgIpc) is 2.92. The van der Waals surface area contributed by atoms with Crippen LogP contribution in [0.4, 0.5) is 0 Å². The molecule has 0 bridgehead atoms. The zero-order valence-electron chi connectivity index (χ0n) is 10.6. The van der Waals surface area contributed by atoms with Crippen LogP contribution in [0, 0.1) is 0 Å². The molecular weight excluding hydrogens is 280 g/mol. The van der Waals surface area contributed by atoms with Crippen molar-refractivity contribution in [3.8, 4) is 5.75 Å². The van der Waals surface area contributed by atoms with E-state index in [0.29, 0.717) is 21.8 Å². The number of rotatable bonds is 0. The molecule has 1 aromatic carbocycles. The second kappa shape index (κ2) is 4.03. The Morgan fingerprint density at radius 2 is 2.15 bits per heavy atom. The topological polar surface area (TPSA) is 48.7 Å². The molecule has 4 rings (SSSR count). The molecule has 4 nitrogen and oxygen atoms in total. The fourth-order valence-electron chi connectivity index (χ4n) is 2.81. The van der Waals surface area contributed by atoms with E-state index in [-0.39, 0.29) is 29.3 Å². The summed E-state index contributed by atoms with van der Waals surface area (Å²) in [5.41, 5.74) is 0.324. The first-order valence-electron chi connectivity index (χ1n) is 6.40. The third-order valence-corrected chi connectivity index (χ3v) is 4.02. The van der Waals surface area contributed by atoms with Crippen molar-refractivity contribution >= 4 is 22.6 Å². The summed E-state index contributed by atoms with van der Waals surface area (Å²) < 4.78 is 17.1. The Morgan fingerprint density at radius 3 is 3.00 bits per heavy atom. The first-order valence-corrected chi connectivity index (χ1v) is 6.78.